The second kappa shape index (κ2) is 5.88. The highest BCUT2D eigenvalue weighted by atomic mass is 79.9. The van der Waals surface area contributed by atoms with Crippen molar-refractivity contribution in [1.82, 2.24) is 15.1 Å². The second-order valence-corrected chi connectivity index (χ2v) is 5.14. The average molecular weight is 343 g/mol. The highest BCUT2D eigenvalue weighted by molar-refractivity contribution is 9.10. The van der Waals surface area contributed by atoms with Crippen LogP contribution in [-0.4, -0.2) is 15.1 Å². The van der Waals surface area contributed by atoms with Crippen LogP contribution in [0.2, 0.25) is 0 Å². The number of nitrogens with zero attached hydrogens (tertiary/aromatic N) is 3. The first kappa shape index (κ1) is 13.5. The number of rotatable bonds is 3. The molecule has 0 saturated carbocycles. The molecule has 3 aromatic rings. The minimum Gasteiger partial charge on any atom is -0.399 e. The third-order valence-electron chi connectivity index (χ3n) is 2.77. The lowest BCUT2D eigenvalue weighted by Gasteiger charge is -1.95. The first-order valence-corrected chi connectivity index (χ1v) is 7.00. The van der Waals surface area contributed by atoms with Crippen molar-refractivity contribution in [1.29, 1.82) is 0 Å². The highest BCUT2D eigenvalue weighted by Gasteiger charge is 2.10. The van der Waals surface area contributed by atoms with Gasteiger partial charge in [0.2, 0.25) is 5.82 Å². The van der Waals surface area contributed by atoms with E-state index < -0.39 is 0 Å². The molecule has 5 nitrogen and oxygen atoms in total. The topological polar surface area (TPSA) is 77.8 Å². The van der Waals surface area contributed by atoms with E-state index in [0.29, 0.717) is 17.4 Å². The molecule has 2 heterocycles. The van der Waals surface area contributed by atoms with Gasteiger partial charge in [-0.2, -0.15) is 4.98 Å². The number of hydrogen-bond donors (Lipinski definition) is 1. The van der Waals surface area contributed by atoms with E-state index in [-0.39, 0.29) is 0 Å². The van der Waals surface area contributed by atoms with E-state index in [1.165, 1.54) is 0 Å². The van der Waals surface area contributed by atoms with Gasteiger partial charge in [-0.25, -0.2) is 0 Å². The van der Waals surface area contributed by atoms with Crippen LogP contribution in [0.1, 0.15) is 11.5 Å². The first-order chi connectivity index (χ1) is 10.2. The summed E-state index contributed by atoms with van der Waals surface area (Å²) in [5.41, 5.74) is 8.02. The van der Waals surface area contributed by atoms with E-state index in [4.69, 9.17) is 10.3 Å². The molecular formula is C15H11BrN4O. The zero-order valence-electron chi connectivity index (χ0n) is 10.9. The van der Waals surface area contributed by atoms with E-state index in [1.54, 1.807) is 12.3 Å². The molecule has 2 N–H and O–H groups in total. The van der Waals surface area contributed by atoms with Gasteiger partial charge < -0.3 is 10.3 Å². The van der Waals surface area contributed by atoms with Crippen LogP contribution in [0.5, 0.6) is 0 Å². The monoisotopic (exact) mass is 342 g/mol. The molecule has 0 radical (unpaired) electrons. The first-order valence-electron chi connectivity index (χ1n) is 6.20. The Morgan fingerprint density at radius 1 is 1.10 bits per heavy atom. The van der Waals surface area contributed by atoms with Crippen molar-refractivity contribution in [2.75, 3.05) is 5.73 Å². The van der Waals surface area contributed by atoms with Crippen LogP contribution in [0, 0.1) is 0 Å². The minimum atomic E-state index is 0.416. The molecule has 0 amide bonds. The lowest BCUT2D eigenvalue weighted by molar-refractivity contribution is 0.411. The lowest BCUT2D eigenvalue weighted by atomic mass is 10.2. The van der Waals surface area contributed by atoms with Crippen molar-refractivity contribution >= 4 is 33.8 Å². The number of halogens is 1. The number of nitrogen functional groups attached to an aromatic ring is 1. The number of nitrogens with two attached hydrogens (primary N) is 1. The predicted molar refractivity (Wildman–Crippen MR) is 85.0 cm³/mol. The van der Waals surface area contributed by atoms with Crippen molar-refractivity contribution in [2.24, 2.45) is 0 Å². The highest BCUT2D eigenvalue weighted by Crippen LogP contribution is 2.23. The fourth-order valence-corrected chi connectivity index (χ4v) is 2.16. The van der Waals surface area contributed by atoms with Gasteiger partial charge >= 0.3 is 0 Å². The Hall–Kier alpha value is -2.47. The van der Waals surface area contributed by atoms with Crippen LogP contribution < -0.4 is 5.73 Å². The summed E-state index contributed by atoms with van der Waals surface area (Å²) in [6.45, 7) is 0. The Bertz CT molecular complexity index is 780. The predicted octanol–water partition coefficient (Wildman–Crippen LogP) is 3.65. The van der Waals surface area contributed by atoms with Crippen LogP contribution in [-0.2, 0) is 0 Å². The Kier molecular flexibility index (Phi) is 3.79. The van der Waals surface area contributed by atoms with E-state index in [1.807, 2.05) is 42.5 Å². The van der Waals surface area contributed by atoms with Gasteiger partial charge in [0, 0.05) is 22.4 Å². The maximum Gasteiger partial charge on any atom is 0.251 e. The fourth-order valence-electron chi connectivity index (χ4n) is 1.72. The summed E-state index contributed by atoms with van der Waals surface area (Å²) in [4.78, 5) is 8.51. The van der Waals surface area contributed by atoms with Gasteiger partial charge in [-0.15, -0.1) is 0 Å². The Balaban J connectivity index is 1.82. The third-order valence-corrected chi connectivity index (χ3v) is 3.41. The molecule has 2 aromatic heterocycles. The van der Waals surface area contributed by atoms with Gasteiger partial charge in [-0.1, -0.05) is 17.3 Å². The molecule has 3 rings (SSSR count). The summed E-state index contributed by atoms with van der Waals surface area (Å²) in [6.07, 6.45) is 5.31. The maximum atomic E-state index is 5.64. The summed E-state index contributed by atoms with van der Waals surface area (Å²) >= 11 is 3.41. The molecule has 0 atom stereocenters. The number of hydrogen-bond acceptors (Lipinski definition) is 5. The molecule has 1 aromatic carbocycles. The summed E-state index contributed by atoms with van der Waals surface area (Å²) in [7, 11) is 0. The van der Waals surface area contributed by atoms with Gasteiger partial charge in [-0.3, -0.25) is 4.98 Å². The normalized spacial score (nSPS) is 11.1. The Morgan fingerprint density at radius 3 is 2.67 bits per heavy atom. The van der Waals surface area contributed by atoms with E-state index in [0.717, 1.165) is 15.7 Å². The maximum absolute atomic E-state index is 5.64. The molecule has 0 aliphatic rings. The van der Waals surface area contributed by atoms with Crippen molar-refractivity contribution < 1.29 is 4.52 Å². The molecule has 104 valence electrons. The fraction of sp³-hybridized carbons (Fsp3) is 0. The minimum absolute atomic E-state index is 0.416. The summed E-state index contributed by atoms with van der Waals surface area (Å²) in [5.74, 6) is 0.860. The number of anilines is 1. The zero-order valence-corrected chi connectivity index (χ0v) is 12.5. The zero-order chi connectivity index (χ0) is 14.7. The van der Waals surface area contributed by atoms with Gasteiger partial charge in [-0.05, 0) is 51.8 Å². The molecule has 0 bridgehead atoms. The molecule has 0 spiro atoms. The molecule has 0 aliphatic heterocycles. The van der Waals surface area contributed by atoms with Crippen LogP contribution in [0.4, 0.5) is 5.69 Å². The van der Waals surface area contributed by atoms with Gasteiger partial charge in [0.05, 0.1) is 0 Å². The Morgan fingerprint density at radius 2 is 1.90 bits per heavy atom. The van der Waals surface area contributed by atoms with Crippen LogP contribution in [0.3, 0.4) is 0 Å². The van der Waals surface area contributed by atoms with Gasteiger partial charge in [0.15, 0.2) is 0 Å². The lowest BCUT2D eigenvalue weighted by Crippen LogP contribution is -1.86. The van der Waals surface area contributed by atoms with E-state index in [9.17, 15) is 0 Å². The molecular weight excluding hydrogens is 332 g/mol. The molecule has 0 unspecified atom stereocenters. The van der Waals surface area contributed by atoms with Crippen molar-refractivity contribution in [2.45, 2.75) is 0 Å². The van der Waals surface area contributed by atoms with Crippen LogP contribution >= 0.6 is 15.9 Å². The van der Waals surface area contributed by atoms with Crippen molar-refractivity contribution in [3.05, 3.63) is 58.5 Å². The smallest absolute Gasteiger partial charge is 0.251 e. The number of aromatic nitrogens is 3. The second-order valence-electron chi connectivity index (χ2n) is 4.29. The molecule has 0 fully saturated rings. The standard InChI is InChI=1S/C15H11BrN4O/c16-12-2-1-9-18-14(12)15-19-13(21-20-15)8-5-10-3-6-11(17)7-4-10/h1-9H,17H2/b8-5+. The largest absolute Gasteiger partial charge is 0.399 e. The van der Waals surface area contributed by atoms with Gasteiger partial charge in [0.25, 0.3) is 5.89 Å². The molecule has 21 heavy (non-hydrogen) atoms. The average Bonchev–Trinajstić information content (AvgIpc) is 2.96. The summed E-state index contributed by atoms with van der Waals surface area (Å²) in [5, 5.41) is 3.92. The third kappa shape index (κ3) is 3.17. The van der Waals surface area contributed by atoms with Crippen LogP contribution in [0.25, 0.3) is 23.7 Å². The van der Waals surface area contributed by atoms with Gasteiger partial charge in [0.1, 0.15) is 5.69 Å². The number of pyridine rings is 1. The molecule has 0 aliphatic carbocycles. The van der Waals surface area contributed by atoms with Crippen molar-refractivity contribution in [3.63, 3.8) is 0 Å². The van der Waals surface area contributed by atoms with E-state index >= 15 is 0 Å². The molecule has 0 saturated heterocycles. The number of benzene rings is 1. The van der Waals surface area contributed by atoms with Crippen molar-refractivity contribution in [3.8, 4) is 11.5 Å². The summed E-state index contributed by atoms with van der Waals surface area (Å²) < 4.78 is 6.01. The quantitative estimate of drug-likeness (QED) is 0.735. The summed E-state index contributed by atoms with van der Waals surface area (Å²) in [6, 6.07) is 11.2. The Labute approximate surface area is 129 Å². The molecule has 6 heteroatoms. The van der Waals surface area contributed by atoms with E-state index in [2.05, 4.69) is 31.1 Å². The van der Waals surface area contributed by atoms with Crippen LogP contribution in [0.15, 0.2) is 51.6 Å². The SMILES string of the molecule is Nc1ccc(/C=C/c2nc(-c3ncccc3Br)no2)cc1.